The van der Waals surface area contributed by atoms with Gasteiger partial charge in [0.15, 0.2) is 0 Å². The third-order valence-corrected chi connectivity index (χ3v) is 5.83. The van der Waals surface area contributed by atoms with Crippen molar-refractivity contribution in [2.24, 2.45) is 5.92 Å². The van der Waals surface area contributed by atoms with Gasteiger partial charge in [-0.1, -0.05) is 48.0 Å². The lowest BCUT2D eigenvalue weighted by Gasteiger charge is -2.19. The maximum Gasteiger partial charge on any atom is 0.241 e. The zero-order chi connectivity index (χ0) is 21.5. The fourth-order valence-corrected chi connectivity index (χ4v) is 4.29. The molecule has 1 fully saturated rings. The number of hydrogen-bond donors (Lipinski definition) is 1. The molecule has 1 N–H and O–H groups in total. The number of halogens is 3. The van der Waals surface area contributed by atoms with E-state index in [1.165, 1.54) is 12.1 Å². The maximum atomic E-state index is 14.5. The monoisotopic (exact) mass is 430 g/mol. The number of hydrogen-bond acceptors (Lipinski definition) is 2. The predicted octanol–water partition coefficient (Wildman–Crippen LogP) is 6.54. The molecule has 1 aliphatic rings. The minimum Gasteiger partial charge on any atom is -0.275 e. The highest BCUT2D eigenvalue weighted by atomic mass is 35.5. The molecule has 4 aromatic rings. The largest absolute Gasteiger partial charge is 0.275 e. The lowest BCUT2D eigenvalue weighted by Crippen LogP contribution is -2.01. The summed E-state index contributed by atoms with van der Waals surface area (Å²) in [6.45, 7) is 0. The average molecular weight is 431 g/mol. The van der Waals surface area contributed by atoms with Crippen molar-refractivity contribution >= 4 is 33.7 Å². The number of rotatable bonds is 4. The Morgan fingerprint density at radius 1 is 1.13 bits per heavy atom. The number of nitrogens with zero attached hydrogens (tertiary/aromatic N) is 2. The van der Waals surface area contributed by atoms with Crippen LogP contribution in [0.15, 0.2) is 54.6 Å². The normalized spacial score (nSPS) is 14.4. The van der Waals surface area contributed by atoms with E-state index in [4.69, 9.17) is 11.6 Å². The van der Waals surface area contributed by atoms with Gasteiger partial charge in [0.2, 0.25) is 5.95 Å². The second-order valence-corrected chi connectivity index (χ2v) is 7.91. The Morgan fingerprint density at radius 3 is 2.61 bits per heavy atom. The molecular weight excluding hydrogens is 416 g/mol. The minimum absolute atomic E-state index is 0.147. The Balaban J connectivity index is 1.91. The Labute approximate surface area is 182 Å². The van der Waals surface area contributed by atoms with E-state index in [0.29, 0.717) is 21.7 Å². The molecule has 151 valence electrons. The quantitative estimate of drug-likeness (QED) is 0.374. The van der Waals surface area contributed by atoms with Crippen LogP contribution in [0.2, 0.25) is 5.02 Å². The Bertz CT molecular complexity index is 1380. The molecule has 0 aliphatic heterocycles. The molecule has 1 radical (unpaired) electrons. The highest BCUT2D eigenvalue weighted by Gasteiger charge is 2.33. The van der Waals surface area contributed by atoms with Gasteiger partial charge in [-0.05, 0) is 65.3 Å². The number of aromatic amines is 1. The van der Waals surface area contributed by atoms with Gasteiger partial charge in [0.05, 0.1) is 21.5 Å². The molecule has 0 unspecified atom stereocenters. The highest BCUT2D eigenvalue weighted by Crippen LogP contribution is 2.49. The highest BCUT2D eigenvalue weighted by molar-refractivity contribution is 6.33. The molecule has 0 spiro atoms. The SMILES string of the molecule is N#Cc1c(/C(=C(/c2ccc(F)cc2Cl)C2CC2)c2[c]cccc2)ccc2[nH]nc(F)c12. The van der Waals surface area contributed by atoms with Crippen molar-refractivity contribution in [2.75, 3.05) is 0 Å². The van der Waals surface area contributed by atoms with E-state index < -0.39 is 11.8 Å². The number of allylic oxidation sites excluding steroid dienone is 1. The van der Waals surface area contributed by atoms with E-state index in [9.17, 15) is 14.0 Å². The molecule has 3 nitrogen and oxygen atoms in total. The van der Waals surface area contributed by atoms with Crippen LogP contribution in [0.25, 0.3) is 22.0 Å². The molecule has 3 aromatic carbocycles. The van der Waals surface area contributed by atoms with Crippen molar-refractivity contribution in [3.8, 4) is 6.07 Å². The third-order valence-electron chi connectivity index (χ3n) is 5.52. The van der Waals surface area contributed by atoms with Crippen LogP contribution in [0.4, 0.5) is 8.78 Å². The summed E-state index contributed by atoms with van der Waals surface area (Å²) in [4.78, 5) is 0. The molecule has 1 heterocycles. The van der Waals surface area contributed by atoms with E-state index in [1.54, 1.807) is 24.3 Å². The molecule has 6 heteroatoms. The van der Waals surface area contributed by atoms with Crippen molar-refractivity contribution in [1.82, 2.24) is 10.2 Å². The summed E-state index contributed by atoms with van der Waals surface area (Å²) in [6, 6.07) is 20.6. The van der Waals surface area contributed by atoms with Gasteiger partial charge in [-0.15, -0.1) is 5.10 Å². The summed E-state index contributed by atoms with van der Waals surface area (Å²) >= 11 is 6.47. The van der Waals surface area contributed by atoms with Gasteiger partial charge in [-0.25, -0.2) is 4.39 Å². The molecule has 31 heavy (non-hydrogen) atoms. The molecule has 1 saturated carbocycles. The van der Waals surface area contributed by atoms with Crippen molar-refractivity contribution in [2.45, 2.75) is 12.8 Å². The first-order chi connectivity index (χ1) is 15.1. The molecule has 0 saturated heterocycles. The summed E-state index contributed by atoms with van der Waals surface area (Å²) in [5.41, 5.74) is 4.32. The Kier molecular flexibility index (Phi) is 4.80. The van der Waals surface area contributed by atoms with E-state index in [-0.39, 0.29) is 16.9 Å². The summed E-state index contributed by atoms with van der Waals surface area (Å²) in [5, 5.41) is 16.7. The number of nitriles is 1. The molecule has 1 aliphatic carbocycles. The fourth-order valence-electron chi connectivity index (χ4n) is 4.02. The summed E-state index contributed by atoms with van der Waals surface area (Å²) in [7, 11) is 0. The number of H-pyrrole nitrogens is 1. The van der Waals surface area contributed by atoms with Crippen molar-refractivity contribution in [3.05, 3.63) is 99.7 Å². The second kappa shape index (κ2) is 7.64. The van der Waals surface area contributed by atoms with Crippen molar-refractivity contribution < 1.29 is 8.78 Å². The molecule has 1 aromatic heterocycles. The van der Waals surface area contributed by atoms with Gasteiger partial charge >= 0.3 is 0 Å². The lowest BCUT2D eigenvalue weighted by molar-refractivity contribution is 0.588. The second-order valence-electron chi connectivity index (χ2n) is 7.50. The van der Waals surface area contributed by atoms with Crippen LogP contribution in [0, 0.1) is 35.1 Å². The predicted molar refractivity (Wildman–Crippen MR) is 116 cm³/mol. The van der Waals surface area contributed by atoms with Crippen LogP contribution < -0.4 is 0 Å². The van der Waals surface area contributed by atoms with E-state index in [0.717, 1.165) is 29.6 Å². The van der Waals surface area contributed by atoms with Gasteiger partial charge in [-0.3, -0.25) is 5.10 Å². The standard InChI is InChI=1S/C25H15ClF2N3/c26-20-12-16(27)8-9-18(20)23(15-6-7-15)22(14-4-2-1-3-5-14)17-10-11-21-24(19(17)13-29)25(28)31-30-21/h1-4,8-12,15H,6-7H2,(H,30,31)/b23-22+. The van der Waals surface area contributed by atoms with Crippen LogP contribution in [0.3, 0.4) is 0 Å². The molecular formula is C25H15ClF2N3. The number of fused-ring (bicyclic) bond motifs is 1. The van der Waals surface area contributed by atoms with Crippen molar-refractivity contribution in [1.29, 1.82) is 5.26 Å². The van der Waals surface area contributed by atoms with E-state index in [1.807, 2.05) is 18.2 Å². The molecule has 0 bridgehead atoms. The number of aromatic nitrogens is 2. The topological polar surface area (TPSA) is 52.5 Å². The van der Waals surface area contributed by atoms with Crippen molar-refractivity contribution in [3.63, 3.8) is 0 Å². The first-order valence-electron chi connectivity index (χ1n) is 9.82. The van der Waals surface area contributed by atoms with Crippen LogP contribution >= 0.6 is 11.6 Å². The minimum atomic E-state index is -0.724. The molecule has 0 amide bonds. The first kappa shape index (κ1) is 19.5. The number of nitrogens with one attached hydrogen (secondary N) is 1. The Hall–Kier alpha value is -3.49. The summed E-state index contributed by atoms with van der Waals surface area (Å²) in [5.74, 6) is -0.947. The average Bonchev–Trinajstić information content (AvgIpc) is 3.55. The van der Waals surface area contributed by atoms with Gasteiger partial charge < -0.3 is 0 Å². The molecule has 0 atom stereocenters. The van der Waals surface area contributed by atoms with Crippen LogP contribution in [0.1, 0.15) is 35.1 Å². The van der Waals surface area contributed by atoms with E-state index >= 15 is 0 Å². The van der Waals surface area contributed by atoms with Crippen LogP contribution in [-0.2, 0) is 0 Å². The lowest BCUT2D eigenvalue weighted by atomic mass is 9.84. The van der Waals surface area contributed by atoms with Gasteiger partial charge in [0.25, 0.3) is 0 Å². The smallest absolute Gasteiger partial charge is 0.241 e. The number of benzene rings is 3. The summed E-state index contributed by atoms with van der Waals surface area (Å²) in [6.07, 6.45) is 1.90. The van der Waals surface area contributed by atoms with E-state index in [2.05, 4.69) is 22.3 Å². The zero-order valence-electron chi connectivity index (χ0n) is 16.2. The zero-order valence-corrected chi connectivity index (χ0v) is 17.0. The van der Waals surface area contributed by atoms with Gasteiger partial charge in [0.1, 0.15) is 11.9 Å². The first-order valence-corrected chi connectivity index (χ1v) is 10.2. The Morgan fingerprint density at radius 2 is 1.94 bits per heavy atom. The summed E-state index contributed by atoms with van der Waals surface area (Å²) < 4.78 is 28.2. The fraction of sp³-hybridized carbons (Fsp3) is 0.120. The van der Waals surface area contributed by atoms with Crippen LogP contribution in [-0.4, -0.2) is 10.2 Å². The van der Waals surface area contributed by atoms with Crippen LogP contribution in [0.5, 0.6) is 0 Å². The molecule has 5 rings (SSSR count). The maximum absolute atomic E-state index is 14.5. The van der Waals surface area contributed by atoms with Gasteiger partial charge in [0, 0.05) is 5.56 Å². The third kappa shape index (κ3) is 3.39. The van der Waals surface area contributed by atoms with Gasteiger partial charge in [-0.2, -0.15) is 9.65 Å².